The zero-order valence-corrected chi connectivity index (χ0v) is 16.1. The first-order chi connectivity index (χ1) is 13.3. The summed E-state index contributed by atoms with van der Waals surface area (Å²) in [6.07, 6.45) is -8.95. The minimum absolute atomic E-state index is 0.0802. The lowest BCUT2D eigenvalue weighted by Crippen LogP contribution is -2.19. The third-order valence-electron chi connectivity index (χ3n) is 3.92. The molecule has 10 heteroatoms. The van der Waals surface area contributed by atoms with Crippen LogP contribution in [0.5, 0.6) is 0 Å². The minimum Gasteiger partial charge on any atom is -0.254 e. The van der Waals surface area contributed by atoms with E-state index < -0.39 is 40.3 Å². The largest absolute Gasteiger partial charge is 0.416 e. The molecule has 0 radical (unpaired) electrons. The van der Waals surface area contributed by atoms with Crippen LogP contribution in [0.4, 0.5) is 36.4 Å². The van der Waals surface area contributed by atoms with Crippen LogP contribution in [0.15, 0.2) is 46.3 Å². The smallest absolute Gasteiger partial charge is 0.254 e. The third kappa shape index (κ3) is 6.12. The number of nitrogens with zero attached hydrogens (tertiary/aromatic N) is 1. The van der Waals surface area contributed by atoms with Gasteiger partial charge in [0.15, 0.2) is 0 Å². The molecule has 0 aliphatic heterocycles. The Hall–Kier alpha value is -2.23. The average molecular weight is 439 g/mol. The SMILES string of the molecule is CCC(=Nc1cc(S(=O)CC(F)(F)F)c(C)cc1F)c1ccc(C(F)(F)F)cc1. The van der Waals surface area contributed by atoms with Gasteiger partial charge < -0.3 is 0 Å². The molecule has 2 aromatic rings. The normalized spacial score (nSPS) is 14.2. The summed E-state index contributed by atoms with van der Waals surface area (Å²) < 4.78 is 102. The number of hydrogen-bond acceptors (Lipinski definition) is 2. The van der Waals surface area contributed by atoms with Gasteiger partial charge in [0.05, 0.1) is 16.4 Å². The Morgan fingerprint density at radius 3 is 2.10 bits per heavy atom. The summed E-state index contributed by atoms with van der Waals surface area (Å²) in [5.41, 5.74) is -0.579. The van der Waals surface area contributed by atoms with Gasteiger partial charge in [0.2, 0.25) is 0 Å². The molecule has 1 unspecified atom stereocenters. The Kier molecular flexibility index (Phi) is 6.87. The van der Waals surface area contributed by atoms with E-state index >= 15 is 0 Å². The first-order valence-electron chi connectivity index (χ1n) is 8.32. The van der Waals surface area contributed by atoms with Crippen LogP contribution in [0, 0.1) is 12.7 Å². The van der Waals surface area contributed by atoms with Gasteiger partial charge in [-0.3, -0.25) is 4.21 Å². The molecule has 2 rings (SSSR count). The van der Waals surface area contributed by atoms with Crippen LogP contribution in [0.2, 0.25) is 0 Å². The lowest BCUT2D eigenvalue weighted by molar-refractivity contribution is -0.137. The van der Waals surface area contributed by atoms with E-state index in [9.17, 15) is 34.9 Å². The number of aliphatic imine (C=N–C) groups is 1. The summed E-state index contributed by atoms with van der Waals surface area (Å²) in [7, 11) is -2.44. The summed E-state index contributed by atoms with van der Waals surface area (Å²) in [6, 6.07) is 5.99. The molecular weight excluding hydrogens is 423 g/mol. The van der Waals surface area contributed by atoms with Crippen molar-refractivity contribution >= 4 is 22.2 Å². The highest BCUT2D eigenvalue weighted by Gasteiger charge is 2.32. The van der Waals surface area contributed by atoms with Crippen molar-refractivity contribution in [1.29, 1.82) is 0 Å². The van der Waals surface area contributed by atoms with Crippen LogP contribution in [-0.2, 0) is 17.0 Å². The standard InChI is InChI=1S/C19H16F7NOS/c1-3-15(12-4-6-13(7-5-12)19(24,25)26)27-16-9-17(11(2)8-14(16)20)29(28)10-18(21,22)23/h4-9H,3,10H2,1-2H3. The molecule has 158 valence electrons. The second-order valence-electron chi connectivity index (χ2n) is 6.16. The zero-order valence-electron chi connectivity index (χ0n) is 15.3. The maximum atomic E-state index is 14.3. The molecule has 0 spiro atoms. The molecule has 0 fully saturated rings. The van der Waals surface area contributed by atoms with Gasteiger partial charge in [-0.2, -0.15) is 26.3 Å². The van der Waals surface area contributed by atoms with Crippen LogP contribution in [0.1, 0.15) is 30.0 Å². The fourth-order valence-electron chi connectivity index (χ4n) is 2.54. The van der Waals surface area contributed by atoms with Crippen molar-refractivity contribution < 1.29 is 34.9 Å². The van der Waals surface area contributed by atoms with Crippen molar-refractivity contribution in [2.75, 3.05) is 5.75 Å². The van der Waals surface area contributed by atoms with Crippen molar-refractivity contribution in [3.05, 3.63) is 58.9 Å². The van der Waals surface area contributed by atoms with E-state index in [1.54, 1.807) is 6.92 Å². The molecule has 0 N–H and O–H groups in total. The lowest BCUT2D eigenvalue weighted by Gasteiger charge is -2.12. The first-order valence-corrected chi connectivity index (χ1v) is 9.64. The van der Waals surface area contributed by atoms with Gasteiger partial charge in [-0.05, 0) is 48.7 Å². The van der Waals surface area contributed by atoms with E-state index in [0.717, 1.165) is 24.3 Å². The van der Waals surface area contributed by atoms with Crippen LogP contribution in [0.25, 0.3) is 0 Å². The van der Waals surface area contributed by atoms with Crippen LogP contribution >= 0.6 is 0 Å². The predicted octanol–water partition coefficient (Wildman–Crippen LogP) is 6.35. The highest BCUT2D eigenvalue weighted by atomic mass is 32.2. The maximum Gasteiger partial charge on any atom is 0.416 e. The van der Waals surface area contributed by atoms with E-state index in [-0.39, 0.29) is 28.3 Å². The highest BCUT2D eigenvalue weighted by Crippen LogP contribution is 2.31. The van der Waals surface area contributed by atoms with E-state index in [0.29, 0.717) is 5.56 Å². The van der Waals surface area contributed by atoms with Gasteiger partial charge >= 0.3 is 12.4 Å². The van der Waals surface area contributed by atoms with Gasteiger partial charge in [-0.15, -0.1) is 0 Å². The van der Waals surface area contributed by atoms with Gasteiger partial charge in [0.1, 0.15) is 17.3 Å². The number of alkyl halides is 6. The van der Waals surface area contributed by atoms with E-state index in [4.69, 9.17) is 0 Å². The van der Waals surface area contributed by atoms with Gasteiger partial charge in [0, 0.05) is 10.6 Å². The fraction of sp³-hybridized carbons (Fsp3) is 0.316. The highest BCUT2D eigenvalue weighted by molar-refractivity contribution is 7.85. The third-order valence-corrected chi connectivity index (χ3v) is 5.44. The van der Waals surface area contributed by atoms with E-state index in [1.165, 1.54) is 19.1 Å². The summed E-state index contributed by atoms with van der Waals surface area (Å²) in [6.45, 7) is 2.97. The molecule has 2 nitrogen and oxygen atoms in total. The summed E-state index contributed by atoms with van der Waals surface area (Å²) >= 11 is 0. The first kappa shape index (κ1) is 23.1. The number of benzene rings is 2. The lowest BCUT2D eigenvalue weighted by atomic mass is 10.1. The molecule has 0 heterocycles. The molecule has 0 aromatic heterocycles. The Morgan fingerprint density at radius 1 is 1.03 bits per heavy atom. The molecule has 0 saturated heterocycles. The van der Waals surface area contributed by atoms with Gasteiger partial charge in [0.25, 0.3) is 0 Å². The average Bonchev–Trinajstić information content (AvgIpc) is 2.59. The van der Waals surface area contributed by atoms with Crippen molar-refractivity contribution in [1.82, 2.24) is 0 Å². The second-order valence-corrected chi connectivity index (χ2v) is 7.58. The molecule has 0 saturated carbocycles. The topological polar surface area (TPSA) is 29.4 Å². The number of hydrogen-bond donors (Lipinski definition) is 0. The monoisotopic (exact) mass is 439 g/mol. The molecule has 2 aromatic carbocycles. The van der Waals surface area contributed by atoms with Crippen LogP contribution in [-0.4, -0.2) is 21.8 Å². The Balaban J connectivity index is 2.45. The van der Waals surface area contributed by atoms with E-state index in [2.05, 4.69) is 4.99 Å². The molecule has 0 bridgehead atoms. The molecule has 0 amide bonds. The fourth-order valence-corrected chi connectivity index (χ4v) is 3.66. The second kappa shape index (κ2) is 8.64. The summed E-state index contributed by atoms with van der Waals surface area (Å²) in [4.78, 5) is 3.86. The van der Waals surface area contributed by atoms with Crippen molar-refractivity contribution in [2.45, 2.75) is 37.5 Å². The van der Waals surface area contributed by atoms with Crippen LogP contribution < -0.4 is 0 Å². The van der Waals surface area contributed by atoms with Gasteiger partial charge in [-0.1, -0.05) is 19.1 Å². The number of aryl methyl sites for hydroxylation is 1. The van der Waals surface area contributed by atoms with Crippen LogP contribution in [0.3, 0.4) is 0 Å². The van der Waals surface area contributed by atoms with E-state index in [1.807, 2.05) is 0 Å². The molecule has 29 heavy (non-hydrogen) atoms. The predicted molar refractivity (Wildman–Crippen MR) is 96.4 cm³/mol. The number of rotatable bonds is 5. The quantitative estimate of drug-likeness (QED) is 0.394. The summed E-state index contributed by atoms with van der Waals surface area (Å²) in [5, 5.41) is 0. The van der Waals surface area contributed by atoms with Crippen molar-refractivity contribution in [3.8, 4) is 0 Å². The maximum absolute atomic E-state index is 14.3. The van der Waals surface area contributed by atoms with Gasteiger partial charge in [-0.25, -0.2) is 9.38 Å². The minimum atomic E-state index is -4.66. The molecule has 0 aliphatic carbocycles. The summed E-state index contributed by atoms with van der Waals surface area (Å²) in [5.74, 6) is -2.42. The molecular formula is C19H16F7NOS. The Morgan fingerprint density at radius 2 is 1.62 bits per heavy atom. The van der Waals surface area contributed by atoms with Crippen molar-refractivity contribution in [2.24, 2.45) is 4.99 Å². The molecule has 1 atom stereocenters. The Labute approximate surface area is 164 Å². The zero-order chi connectivity index (χ0) is 22.0. The van der Waals surface area contributed by atoms with Crippen molar-refractivity contribution in [3.63, 3.8) is 0 Å². The molecule has 0 aliphatic rings. The Bertz CT molecular complexity index is 931. The number of halogens is 7.